The SMILES string of the molecule is CC1(CO)C(O)C(O)CN1CCO. The number of aliphatic hydroxyl groups excluding tert-OH is 4. The Morgan fingerprint density at radius 1 is 1.38 bits per heavy atom. The molecule has 1 rings (SSSR count). The Balaban J connectivity index is 2.74. The summed E-state index contributed by atoms with van der Waals surface area (Å²) in [5.74, 6) is 0. The van der Waals surface area contributed by atoms with Crippen LogP contribution in [0.4, 0.5) is 0 Å². The van der Waals surface area contributed by atoms with Crippen LogP contribution < -0.4 is 0 Å². The van der Waals surface area contributed by atoms with Crippen molar-refractivity contribution in [1.82, 2.24) is 4.90 Å². The number of β-amino-alcohol motifs (C(OH)–C–C–N with tert-alkyl or cyclic N) is 2. The van der Waals surface area contributed by atoms with Crippen LogP contribution in [0.3, 0.4) is 0 Å². The fourth-order valence-electron chi connectivity index (χ4n) is 1.80. The van der Waals surface area contributed by atoms with E-state index in [2.05, 4.69) is 0 Å². The van der Waals surface area contributed by atoms with E-state index >= 15 is 0 Å². The zero-order valence-electron chi connectivity index (χ0n) is 7.72. The molecule has 1 aliphatic rings. The van der Waals surface area contributed by atoms with Crippen molar-refractivity contribution in [1.29, 1.82) is 0 Å². The molecule has 3 atom stereocenters. The lowest BCUT2D eigenvalue weighted by Crippen LogP contribution is -2.52. The maximum atomic E-state index is 9.58. The first-order valence-electron chi connectivity index (χ1n) is 4.39. The van der Waals surface area contributed by atoms with E-state index in [4.69, 9.17) is 10.2 Å². The van der Waals surface area contributed by atoms with Crippen LogP contribution in [0.15, 0.2) is 0 Å². The van der Waals surface area contributed by atoms with Gasteiger partial charge in [0.1, 0.15) is 6.10 Å². The van der Waals surface area contributed by atoms with Gasteiger partial charge in [0.25, 0.3) is 0 Å². The number of rotatable bonds is 3. The fourth-order valence-corrected chi connectivity index (χ4v) is 1.80. The quantitative estimate of drug-likeness (QED) is 0.405. The van der Waals surface area contributed by atoms with Crippen LogP contribution in [0.2, 0.25) is 0 Å². The molecule has 0 aliphatic carbocycles. The second-order valence-corrected chi connectivity index (χ2v) is 3.70. The van der Waals surface area contributed by atoms with Crippen molar-refractivity contribution >= 4 is 0 Å². The summed E-state index contributed by atoms with van der Waals surface area (Å²) in [6, 6.07) is 0. The van der Waals surface area contributed by atoms with Crippen LogP contribution in [-0.4, -0.2) is 69.4 Å². The highest BCUT2D eigenvalue weighted by molar-refractivity contribution is 5.03. The molecule has 78 valence electrons. The zero-order chi connectivity index (χ0) is 10.1. The largest absolute Gasteiger partial charge is 0.395 e. The zero-order valence-corrected chi connectivity index (χ0v) is 7.72. The summed E-state index contributed by atoms with van der Waals surface area (Å²) in [6.07, 6.45) is -1.80. The molecule has 0 saturated carbocycles. The predicted octanol–water partition coefficient (Wildman–Crippen LogP) is -2.23. The molecule has 1 saturated heterocycles. The molecule has 0 bridgehead atoms. The van der Waals surface area contributed by atoms with Gasteiger partial charge in [-0.2, -0.15) is 0 Å². The van der Waals surface area contributed by atoms with E-state index in [0.29, 0.717) is 13.1 Å². The lowest BCUT2D eigenvalue weighted by atomic mass is 9.96. The highest BCUT2D eigenvalue weighted by atomic mass is 16.3. The summed E-state index contributed by atoms with van der Waals surface area (Å²) >= 11 is 0. The number of hydrogen-bond donors (Lipinski definition) is 4. The van der Waals surface area contributed by atoms with Crippen LogP contribution in [0.5, 0.6) is 0 Å². The smallest absolute Gasteiger partial charge is 0.101 e. The number of likely N-dealkylation sites (tertiary alicyclic amines) is 1. The van der Waals surface area contributed by atoms with Gasteiger partial charge in [0.05, 0.1) is 24.9 Å². The van der Waals surface area contributed by atoms with Crippen molar-refractivity contribution in [2.45, 2.75) is 24.7 Å². The van der Waals surface area contributed by atoms with E-state index in [1.54, 1.807) is 11.8 Å². The minimum atomic E-state index is -0.955. The van der Waals surface area contributed by atoms with E-state index < -0.39 is 17.7 Å². The second-order valence-electron chi connectivity index (χ2n) is 3.70. The third-order valence-electron chi connectivity index (χ3n) is 2.82. The van der Waals surface area contributed by atoms with E-state index in [9.17, 15) is 10.2 Å². The summed E-state index contributed by atoms with van der Waals surface area (Å²) in [6.45, 7) is 2.04. The predicted molar refractivity (Wildman–Crippen MR) is 46.2 cm³/mol. The van der Waals surface area contributed by atoms with Crippen molar-refractivity contribution in [2.75, 3.05) is 26.3 Å². The van der Waals surface area contributed by atoms with Gasteiger partial charge < -0.3 is 20.4 Å². The van der Waals surface area contributed by atoms with Gasteiger partial charge in [0.15, 0.2) is 0 Å². The van der Waals surface area contributed by atoms with Gasteiger partial charge in [-0.05, 0) is 6.92 Å². The molecule has 1 heterocycles. The van der Waals surface area contributed by atoms with Crippen molar-refractivity contribution < 1.29 is 20.4 Å². The Hall–Kier alpha value is -0.200. The second kappa shape index (κ2) is 3.89. The van der Waals surface area contributed by atoms with Gasteiger partial charge in [-0.3, -0.25) is 4.90 Å². The molecular weight excluding hydrogens is 174 g/mol. The Morgan fingerprint density at radius 2 is 2.00 bits per heavy atom. The van der Waals surface area contributed by atoms with Crippen LogP contribution in [-0.2, 0) is 0 Å². The van der Waals surface area contributed by atoms with Gasteiger partial charge in [0.2, 0.25) is 0 Å². The van der Waals surface area contributed by atoms with Gasteiger partial charge in [-0.1, -0.05) is 0 Å². The highest BCUT2D eigenvalue weighted by Crippen LogP contribution is 2.28. The number of nitrogens with zero attached hydrogens (tertiary/aromatic N) is 1. The normalized spacial score (nSPS) is 41.3. The molecular formula is C8H17NO4. The molecule has 0 aromatic carbocycles. The molecule has 0 aromatic rings. The minimum absolute atomic E-state index is 0.0466. The Bertz CT molecular complexity index is 178. The molecule has 0 aromatic heterocycles. The van der Waals surface area contributed by atoms with Crippen molar-refractivity contribution in [3.8, 4) is 0 Å². The highest BCUT2D eigenvalue weighted by Gasteiger charge is 2.48. The Labute approximate surface area is 77.2 Å². The van der Waals surface area contributed by atoms with Crippen LogP contribution in [0.25, 0.3) is 0 Å². The van der Waals surface area contributed by atoms with Gasteiger partial charge in [-0.15, -0.1) is 0 Å². The van der Waals surface area contributed by atoms with Crippen molar-refractivity contribution in [2.24, 2.45) is 0 Å². The molecule has 3 unspecified atom stereocenters. The molecule has 5 nitrogen and oxygen atoms in total. The van der Waals surface area contributed by atoms with E-state index in [-0.39, 0.29) is 13.2 Å². The summed E-state index contributed by atoms with van der Waals surface area (Å²) in [4.78, 5) is 1.70. The van der Waals surface area contributed by atoms with Gasteiger partial charge in [0, 0.05) is 13.1 Å². The van der Waals surface area contributed by atoms with Crippen LogP contribution in [0, 0.1) is 0 Å². The molecule has 0 amide bonds. The lowest BCUT2D eigenvalue weighted by molar-refractivity contribution is -0.0306. The number of aliphatic hydroxyl groups is 4. The maximum Gasteiger partial charge on any atom is 0.101 e. The Kier molecular flexibility index (Phi) is 3.26. The topological polar surface area (TPSA) is 84.2 Å². The molecule has 0 spiro atoms. The average Bonchev–Trinajstić information content (AvgIpc) is 2.32. The van der Waals surface area contributed by atoms with E-state index in [1.807, 2.05) is 0 Å². The minimum Gasteiger partial charge on any atom is -0.395 e. The lowest BCUT2D eigenvalue weighted by Gasteiger charge is -2.34. The standard InChI is InChI=1S/C8H17NO4/c1-8(5-11)7(13)6(12)4-9(8)2-3-10/h6-7,10-13H,2-5H2,1H3. The van der Waals surface area contributed by atoms with Crippen LogP contribution in [0.1, 0.15) is 6.92 Å². The molecule has 1 aliphatic heterocycles. The number of hydrogen-bond acceptors (Lipinski definition) is 5. The van der Waals surface area contributed by atoms with E-state index in [1.165, 1.54) is 0 Å². The van der Waals surface area contributed by atoms with Crippen molar-refractivity contribution in [3.05, 3.63) is 0 Å². The Morgan fingerprint density at radius 3 is 2.46 bits per heavy atom. The summed E-state index contributed by atoms with van der Waals surface area (Å²) in [5, 5.41) is 36.8. The first-order chi connectivity index (χ1) is 6.06. The monoisotopic (exact) mass is 191 g/mol. The molecule has 0 radical (unpaired) electrons. The maximum absolute atomic E-state index is 9.58. The molecule has 5 heteroatoms. The van der Waals surface area contributed by atoms with Crippen LogP contribution >= 0.6 is 0 Å². The van der Waals surface area contributed by atoms with Gasteiger partial charge in [-0.25, -0.2) is 0 Å². The summed E-state index contributed by atoms with van der Waals surface area (Å²) < 4.78 is 0. The molecule has 4 N–H and O–H groups in total. The molecule has 13 heavy (non-hydrogen) atoms. The van der Waals surface area contributed by atoms with E-state index in [0.717, 1.165) is 0 Å². The first kappa shape index (κ1) is 10.9. The third kappa shape index (κ3) is 1.70. The van der Waals surface area contributed by atoms with Gasteiger partial charge >= 0.3 is 0 Å². The van der Waals surface area contributed by atoms with Crippen molar-refractivity contribution in [3.63, 3.8) is 0 Å². The fraction of sp³-hybridized carbons (Fsp3) is 1.00. The summed E-state index contributed by atoms with van der Waals surface area (Å²) in [7, 11) is 0. The first-order valence-corrected chi connectivity index (χ1v) is 4.39. The third-order valence-corrected chi connectivity index (χ3v) is 2.82. The summed E-state index contributed by atoms with van der Waals surface area (Å²) in [5.41, 5.74) is -0.831. The molecule has 1 fully saturated rings. The average molecular weight is 191 g/mol.